The van der Waals surface area contributed by atoms with Gasteiger partial charge in [0.05, 0.1) is 10.6 Å². The zero-order valence-electron chi connectivity index (χ0n) is 17.5. The van der Waals surface area contributed by atoms with Gasteiger partial charge in [-0.25, -0.2) is 18.4 Å². The summed E-state index contributed by atoms with van der Waals surface area (Å²) < 4.78 is 27.7. The van der Waals surface area contributed by atoms with Gasteiger partial charge in [-0.15, -0.1) is 22.7 Å². The zero-order valence-corrected chi connectivity index (χ0v) is 20.8. The number of hydrogen-bond donors (Lipinski definition) is 0. The lowest BCUT2D eigenvalue weighted by atomic mass is 10.2. The molecule has 0 saturated heterocycles. The van der Waals surface area contributed by atoms with Crippen LogP contribution in [-0.2, 0) is 9.84 Å². The Morgan fingerprint density at radius 1 is 0.788 bits per heavy atom. The lowest BCUT2D eigenvalue weighted by Gasteiger charge is -2.05. The second-order valence-corrected chi connectivity index (χ2v) is 12.3. The minimum Gasteiger partial charge on any atom is -0.233 e. The Bertz CT molecular complexity index is 1490. The first kappa shape index (κ1) is 22.0. The van der Waals surface area contributed by atoms with Gasteiger partial charge in [-0.2, -0.15) is 0 Å². The van der Waals surface area contributed by atoms with Gasteiger partial charge in [0.2, 0.25) is 9.84 Å². The van der Waals surface area contributed by atoms with Crippen molar-refractivity contribution >= 4 is 44.3 Å². The molecule has 0 spiro atoms. The number of aromatic nitrogens is 2. The second kappa shape index (κ2) is 9.23. The summed E-state index contributed by atoms with van der Waals surface area (Å²) in [5.41, 5.74) is 2.87. The Kier molecular flexibility index (Phi) is 6.16. The monoisotopic (exact) mass is 506 g/mol. The van der Waals surface area contributed by atoms with Crippen molar-refractivity contribution in [1.82, 2.24) is 9.97 Å². The van der Waals surface area contributed by atoms with Crippen LogP contribution in [0.5, 0.6) is 0 Å². The van der Waals surface area contributed by atoms with Gasteiger partial charge in [0.1, 0.15) is 4.21 Å². The molecule has 0 aliphatic carbocycles. The van der Waals surface area contributed by atoms with Gasteiger partial charge < -0.3 is 0 Å². The molecule has 0 bridgehead atoms. The molecule has 0 fully saturated rings. The molecule has 0 aliphatic heterocycles. The quantitative estimate of drug-likeness (QED) is 0.243. The molecule has 33 heavy (non-hydrogen) atoms. The van der Waals surface area contributed by atoms with Crippen molar-refractivity contribution in [3.63, 3.8) is 0 Å². The molecule has 0 unspecified atom stereocenters. The molecule has 164 valence electrons. The second-order valence-electron chi connectivity index (χ2n) is 7.25. The summed E-state index contributed by atoms with van der Waals surface area (Å²) in [6, 6.07) is 26.5. The van der Waals surface area contributed by atoms with E-state index in [1.54, 1.807) is 24.3 Å². The first-order valence-electron chi connectivity index (χ1n) is 10.1. The number of nitrogens with zero attached hydrogens (tertiary/aromatic N) is 2. The van der Waals surface area contributed by atoms with Gasteiger partial charge in [-0.1, -0.05) is 78.0 Å². The van der Waals surface area contributed by atoms with Crippen molar-refractivity contribution in [3.8, 4) is 21.3 Å². The van der Waals surface area contributed by atoms with E-state index in [1.165, 1.54) is 34.4 Å². The smallest absolute Gasteiger partial charge is 0.225 e. The third kappa shape index (κ3) is 4.65. The van der Waals surface area contributed by atoms with Crippen LogP contribution in [0.15, 0.2) is 109 Å². The lowest BCUT2D eigenvalue weighted by molar-refractivity contribution is 0.591. The van der Waals surface area contributed by atoms with E-state index in [4.69, 9.17) is 4.98 Å². The average molecular weight is 507 g/mol. The zero-order chi connectivity index (χ0) is 22.8. The summed E-state index contributed by atoms with van der Waals surface area (Å²) in [4.78, 5) is 10.5. The van der Waals surface area contributed by atoms with E-state index in [-0.39, 0.29) is 9.92 Å². The highest BCUT2D eigenvalue weighted by Crippen LogP contribution is 2.43. The highest BCUT2D eigenvalue weighted by Gasteiger charge is 2.28. The van der Waals surface area contributed by atoms with E-state index in [9.17, 15) is 8.42 Å². The summed E-state index contributed by atoms with van der Waals surface area (Å²) in [5, 5.41) is 3.37. The highest BCUT2D eigenvalue weighted by atomic mass is 32.2. The number of benzene rings is 3. The fourth-order valence-corrected chi connectivity index (χ4v) is 8.16. The molecule has 0 N–H and O–H groups in total. The lowest BCUT2D eigenvalue weighted by Crippen LogP contribution is -2.03. The Morgan fingerprint density at radius 2 is 1.45 bits per heavy atom. The third-order valence-corrected chi connectivity index (χ3v) is 10.0. The van der Waals surface area contributed by atoms with E-state index in [0.29, 0.717) is 14.2 Å². The molecule has 0 saturated carbocycles. The van der Waals surface area contributed by atoms with Crippen molar-refractivity contribution in [3.05, 3.63) is 95.9 Å². The molecule has 8 heteroatoms. The fraction of sp³-hybridized carbons (Fsp3) is 0.0400. The molecule has 3 aromatic carbocycles. The number of rotatable bonds is 6. The standard InChI is InChI=1S/C25H18N2O2S4/c1-17-12-14-20(15-13-17)33(28,29)24-25(31-19-10-6-3-7-11-19)32-23(27-24)22-26-21(16-30-22)18-8-4-2-5-9-18/h2-16H,1H3. The first-order valence-corrected chi connectivity index (χ1v) is 14.1. The SMILES string of the molecule is Cc1ccc(S(=O)(=O)c2nc(-c3nc(-c4ccccc4)cs3)sc2Sc2ccccc2)cc1. The van der Waals surface area contributed by atoms with Crippen LogP contribution in [-0.4, -0.2) is 18.4 Å². The molecular weight excluding hydrogens is 489 g/mol. The predicted octanol–water partition coefficient (Wildman–Crippen LogP) is 7.23. The summed E-state index contributed by atoms with van der Waals surface area (Å²) in [5.74, 6) is 0. The van der Waals surface area contributed by atoms with Crippen LogP contribution in [0, 0.1) is 6.92 Å². The third-order valence-electron chi connectivity index (χ3n) is 4.86. The van der Waals surface area contributed by atoms with Crippen LogP contribution >= 0.6 is 34.4 Å². The summed E-state index contributed by atoms with van der Waals surface area (Å²) in [7, 11) is -3.78. The van der Waals surface area contributed by atoms with Gasteiger partial charge >= 0.3 is 0 Å². The maximum atomic E-state index is 13.5. The van der Waals surface area contributed by atoms with Gasteiger partial charge in [-0.05, 0) is 31.2 Å². The van der Waals surface area contributed by atoms with E-state index >= 15 is 0 Å². The molecule has 5 rings (SSSR count). The van der Waals surface area contributed by atoms with E-state index in [0.717, 1.165) is 21.7 Å². The van der Waals surface area contributed by atoms with Crippen molar-refractivity contribution in [1.29, 1.82) is 0 Å². The Hall–Kier alpha value is -2.78. The van der Waals surface area contributed by atoms with Gasteiger partial charge in [0.25, 0.3) is 0 Å². The number of hydrogen-bond acceptors (Lipinski definition) is 7. The van der Waals surface area contributed by atoms with Crippen LogP contribution in [0.3, 0.4) is 0 Å². The molecule has 0 radical (unpaired) electrons. The molecule has 0 atom stereocenters. The minimum absolute atomic E-state index is 0.0802. The fourth-order valence-electron chi connectivity index (χ4n) is 3.16. The predicted molar refractivity (Wildman–Crippen MR) is 136 cm³/mol. The first-order chi connectivity index (χ1) is 16.0. The average Bonchev–Trinajstić information content (AvgIpc) is 3.49. The summed E-state index contributed by atoms with van der Waals surface area (Å²) >= 11 is 4.24. The number of thiazole rings is 2. The molecule has 0 aliphatic rings. The Balaban J connectivity index is 1.59. The van der Waals surface area contributed by atoms with E-state index in [1.807, 2.05) is 73.0 Å². The largest absolute Gasteiger partial charge is 0.233 e. The van der Waals surface area contributed by atoms with Crippen molar-refractivity contribution in [2.24, 2.45) is 0 Å². The van der Waals surface area contributed by atoms with Gasteiger partial charge in [-0.3, -0.25) is 0 Å². The minimum atomic E-state index is -3.78. The maximum Gasteiger partial charge on any atom is 0.225 e. The molecule has 2 aromatic heterocycles. The highest BCUT2D eigenvalue weighted by molar-refractivity contribution is 8.02. The summed E-state index contributed by atoms with van der Waals surface area (Å²) in [6.45, 7) is 1.93. The molecule has 2 heterocycles. The van der Waals surface area contributed by atoms with Crippen LogP contribution in [0.4, 0.5) is 0 Å². The Labute approximate surface area is 204 Å². The van der Waals surface area contributed by atoms with Gasteiger partial charge in [0, 0.05) is 15.8 Å². The van der Waals surface area contributed by atoms with Crippen LogP contribution < -0.4 is 0 Å². The van der Waals surface area contributed by atoms with Crippen LogP contribution in [0.2, 0.25) is 0 Å². The Morgan fingerprint density at radius 3 is 2.15 bits per heavy atom. The normalized spacial score (nSPS) is 11.5. The van der Waals surface area contributed by atoms with E-state index in [2.05, 4.69) is 4.98 Å². The molecule has 4 nitrogen and oxygen atoms in total. The van der Waals surface area contributed by atoms with E-state index < -0.39 is 9.84 Å². The molecular formula is C25H18N2O2S4. The van der Waals surface area contributed by atoms with Gasteiger partial charge in [0.15, 0.2) is 15.0 Å². The molecule has 0 amide bonds. The van der Waals surface area contributed by atoms with Crippen LogP contribution in [0.1, 0.15) is 5.56 Å². The van der Waals surface area contributed by atoms with Crippen LogP contribution in [0.25, 0.3) is 21.3 Å². The maximum absolute atomic E-state index is 13.5. The topological polar surface area (TPSA) is 59.9 Å². The molecule has 5 aromatic rings. The van der Waals surface area contributed by atoms with Crippen molar-refractivity contribution in [2.45, 2.75) is 25.9 Å². The summed E-state index contributed by atoms with van der Waals surface area (Å²) in [6.07, 6.45) is 0. The number of sulfone groups is 1. The van der Waals surface area contributed by atoms with Crippen molar-refractivity contribution in [2.75, 3.05) is 0 Å². The number of aryl methyl sites for hydroxylation is 1. The van der Waals surface area contributed by atoms with Crippen molar-refractivity contribution < 1.29 is 8.42 Å².